The topological polar surface area (TPSA) is 92.0 Å². The van der Waals surface area contributed by atoms with Gasteiger partial charge in [-0.1, -0.05) is 11.6 Å². The molecule has 0 amide bonds. The first-order chi connectivity index (χ1) is 7.59. The van der Waals surface area contributed by atoms with Gasteiger partial charge < -0.3 is 15.8 Å². The Kier molecular flexibility index (Phi) is 2.80. The average molecular weight is 240 g/mol. The number of carbonyl (C=O) groups is 1. The van der Waals surface area contributed by atoms with Crippen LogP contribution < -0.4 is 5.73 Å². The molecule has 0 fully saturated rings. The van der Waals surface area contributed by atoms with Crippen molar-refractivity contribution in [3.05, 3.63) is 29.0 Å². The number of H-pyrrole nitrogens is 1. The van der Waals surface area contributed by atoms with Gasteiger partial charge in [0.1, 0.15) is 5.65 Å². The van der Waals surface area contributed by atoms with Crippen molar-refractivity contribution in [3.8, 4) is 0 Å². The largest absolute Gasteiger partial charge is 0.481 e. The summed E-state index contributed by atoms with van der Waals surface area (Å²) in [6.07, 6.45) is 3.06. The minimum atomic E-state index is -0.960. The van der Waals surface area contributed by atoms with E-state index in [0.29, 0.717) is 16.2 Å². The Labute approximate surface area is 96.2 Å². The van der Waals surface area contributed by atoms with E-state index in [1.54, 1.807) is 12.3 Å². The fourth-order valence-electron chi connectivity index (χ4n) is 1.55. The van der Waals surface area contributed by atoms with Crippen molar-refractivity contribution in [3.63, 3.8) is 0 Å². The molecule has 0 spiro atoms. The molecule has 0 saturated carbocycles. The molecule has 84 valence electrons. The van der Waals surface area contributed by atoms with Crippen molar-refractivity contribution < 1.29 is 9.90 Å². The third-order valence-corrected chi connectivity index (χ3v) is 2.76. The van der Waals surface area contributed by atoms with Crippen molar-refractivity contribution in [1.82, 2.24) is 9.97 Å². The number of rotatable bonds is 3. The van der Waals surface area contributed by atoms with Crippen molar-refractivity contribution in [2.45, 2.75) is 12.5 Å². The summed E-state index contributed by atoms with van der Waals surface area (Å²) in [5.41, 5.74) is 6.96. The van der Waals surface area contributed by atoms with E-state index in [2.05, 4.69) is 9.97 Å². The van der Waals surface area contributed by atoms with E-state index in [0.717, 1.165) is 5.39 Å². The van der Waals surface area contributed by atoms with Gasteiger partial charge >= 0.3 is 5.97 Å². The number of nitrogens with two attached hydrogens (primary N) is 1. The van der Waals surface area contributed by atoms with Crippen LogP contribution in [0.3, 0.4) is 0 Å². The summed E-state index contributed by atoms with van der Waals surface area (Å²) < 4.78 is 0. The lowest BCUT2D eigenvalue weighted by molar-refractivity contribution is -0.137. The molecule has 16 heavy (non-hydrogen) atoms. The molecule has 1 atom stereocenters. The number of fused-ring (bicyclic) bond motifs is 1. The van der Waals surface area contributed by atoms with Gasteiger partial charge in [-0.2, -0.15) is 0 Å². The van der Waals surface area contributed by atoms with Gasteiger partial charge in [-0.25, -0.2) is 4.98 Å². The molecule has 2 heterocycles. The van der Waals surface area contributed by atoms with Crippen LogP contribution in [0, 0.1) is 0 Å². The number of carboxylic acids is 1. The zero-order valence-electron chi connectivity index (χ0n) is 8.27. The second-order valence-corrected chi connectivity index (χ2v) is 3.85. The number of aromatic nitrogens is 2. The predicted octanol–water partition coefficient (Wildman–Crippen LogP) is 1.69. The van der Waals surface area contributed by atoms with Crippen LogP contribution in [0.5, 0.6) is 0 Å². The summed E-state index contributed by atoms with van der Waals surface area (Å²) in [6.45, 7) is 0. The van der Waals surface area contributed by atoms with Crippen molar-refractivity contribution in [1.29, 1.82) is 0 Å². The highest BCUT2D eigenvalue weighted by Crippen LogP contribution is 2.29. The molecule has 5 nitrogen and oxygen atoms in total. The van der Waals surface area contributed by atoms with Crippen LogP contribution in [-0.2, 0) is 4.79 Å². The number of nitrogens with zero attached hydrogens (tertiary/aromatic N) is 1. The smallest absolute Gasteiger partial charge is 0.305 e. The molecular formula is C10H10ClN3O2. The Morgan fingerprint density at radius 3 is 3.12 bits per heavy atom. The highest BCUT2D eigenvalue weighted by atomic mass is 35.5. The van der Waals surface area contributed by atoms with Gasteiger partial charge in [0, 0.05) is 29.4 Å². The van der Waals surface area contributed by atoms with Crippen molar-refractivity contribution in [2.24, 2.45) is 5.73 Å². The van der Waals surface area contributed by atoms with Gasteiger partial charge in [0.2, 0.25) is 0 Å². The van der Waals surface area contributed by atoms with Crippen LogP contribution in [0.2, 0.25) is 5.02 Å². The summed E-state index contributed by atoms with van der Waals surface area (Å²) in [6, 6.07) is 1.14. The maximum absolute atomic E-state index is 10.6. The number of nitrogens with one attached hydrogen (secondary N) is 1. The van der Waals surface area contributed by atoms with Crippen LogP contribution in [0.4, 0.5) is 0 Å². The Morgan fingerprint density at radius 1 is 1.69 bits per heavy atom. The number of carboxylic acid groups (broad SMARTS) is 1. The first-order valence-corrected chi connectivity index (χ1v) is 5.06. The zero-order chi connectivity index (χ0) is 11.7. The maximum Gasteiger partial charge on any atom is 0.305 e. The minimum Gasteiger partial charge on any atom is -0.481 e. The molecule has 6 heteroatoms. The summed E-state index contributed by atoms with van der Waals surface area (Å²) in [5, 5.41) is 9.87. The van der Waals surface area contributed by atoms with E-state index >= 15 is 0 Å². The highest BCUT2D eigenvalue weighted by molar-refractivity contribution is 6.36. The summed E-state index contributed by atoms with van der Waals surface area (Å²) >= 11 is 6.13. The van der Waals surface area contributed by atoms with Crippen LogP contribution >= 0.6 is 11.6 Å². The molecule has 0 aliphatic heterocycles. The van der Waals surface area contributed by atoms with E-state index in [1.807, 2.05) is 0 Å². The SMILES string of the molecule is NC(CC(=O)O)c1cnc2[nH]ccc2c1Cl. The van der Waals surface area contributed by atoms with E-state index in [-0.39, 0.29) is 6.42 Å². The number of pyridine rings is 1. The maximum atomic E-state index is 10.6. The molecule has 0 bridgehead atoms. The molecule has 0 saturated heterocycles. The number of aromatic amines is 1. The van der Waals surface area contributed by atoms with Gasteiger partial charge in [-0.15, -0.1) is 0 Å². The third kappa shape index (κ3) is 1.87. The molecule has 0 aromatic carbocycles. The lowest BCUT2D eigenvalue weighted by Gasteiger charge is -2.11. The van der Waals surface area contributed by atoms with Crippen LogP contribution in [0.1, 0.15) is 18.0 Å². The molecule has 1 unspecified atom stereocenters. The Hall–Kier alpha value is -1.59. The van der Waals surface area contributed by atoms with E-state index in [9.17, 15) is 4.79 Å². The average Bonchev–Trinajstić information content (AvgIpc) is 2.65. The lowest BCUT2D eigenvalue weighted by atomic mass is 10.1. The fraction of sp³-hybridized carbons (Fsp3) is 0.200. The van der Waals surface area contributed by atoms with Gasteiger partial charge in [-0.3, -0.25) is 4.79 Å². The van der Waals surface area contributed by atoms with Crippen molar-refractivity contribution >= 4 is 28.6 Å². The molecule has 2 aromatic rings. The predicted molar refractivity (Wildman–Crippen MR) is 60.3 cm³/mol. The van der Waals surface area contributed by atoms with E-state index in [4.69, 9.17) is 22.4 Å². The van der Waals surface area contributed by atoms with Gasteiger partial charge in [-0.05, 0) is 6.07 Å². The molecule has 2 aromatic heterocycles. The highest BCUT2D eigenvalue weighted by Gasteiger charge is 2.16. The second-order valence-electron chi connectivity index (χ2n) is 3.47. The number of aliphatic carboxylic acids is 1. The van der Waals surface area contributed by atoms with Gasteiger partial charge in [0.25, 0.3) is 0 Å². The monoisotopic (exact) mass is 239 g/mol. The Balaban J connectivity index is 2.44. The first-order valence-electron chi connectivity index (χ1n) is 4.68. The van der Waals surface area contributed by atoms with Gasteiger partial charge in [0.15, 0.2) is 0 Å². The first kappa shape index (κ1) is 10.9. The number of hydrogen-bond acceptors (Lipinski definition) is 3. The van der Waals surface area contributed by atoms with Crippen LogP contribution in [-0.4, -0.2) is 21.0 Å². The molecule has 0 aliphatic rings. The summed E-state index contributed by atoms with van der Waals surface area (Å²) in [7, 11) is 0. The Morgan fingerprint density at radius 2 is 2.44 bits per heavy atom. The van der Waals surface area contributed by atoms with E-state index < -0.39 is 12.0 Å². The number of hydrogen-bond donors (Lipinski definition) is 3. The number of halogens is 1. The second kappa shape index (κ2) is 4.11. The molecule has 0 aliphatic carbocycles. The normalized spacial score (nSPS) is 12.9. The summed E-state index contributed by atoms with van der Waals surface area (Å²) in [5.74, 6) is -0.960. The fourth-order valence-corrected chi connectivity index (χ4v) is 1.89. The van der Waals surface area contributed by atoms with Crippen molar-refractivity contribution in [2.75, 3.05) is 0 Å². The van der Waals surface area contributed by atoms with Crippen LogP contribution in [0.25, 0.3) is 11.0 Å². The van der Waals surface area contributed by atoms with Crippen LogP contribution in [0.15, 0.2) is 18.5 Å². The zero-order valence-corrected chi connectivity index (χ0v) is 9.03. The molecular weight excluding hydrogens is 230 g/mol. The lowest BCUT2D eigenvalue weighted by Crippen LogP contribution is -2.15. The minimum absolute atomic E-state index is 0.169. The standard InChI is InChI=1S/C10H10ClN3O2/c11-9-5-1-2-13-10(5)14-4-6(9)7(12)3-8(15)16/h1-2,4,7H,3,12H2,(H,13,14)(H,15,16). The molecule has 4 N–H and O–H groups in total. The third-order valence-electron chi connectivity index (χ3n) is 2.34. The molecule has 2 rings (SSSR count). The Bertz CT molecular complexity index is 538. The molecule has 0 radical (unpaired) electrons. The van der Waals surface area contributed by atoms with E-state index in [1.165, 1.54) is 6.20 Å². The van der Waals surface area contributed by atoms with Gasteiger partial charge in [0.05, 0.1) is 11.4 Å². The summed E-state index contributed by atoms with van der Waals surface area (Å²) in [4.78, 5) is 17.6. The quantitative estimate of drug-likeness (QED) is 0.760.